The normalized spacial score (nSPS) is 17.1. The molecule has 0 bridgehead atoms. The summed E-state index contributed by atoms with van der Waals surface area (Å²) in [6, 6.07) is 15.4. The van der Waals surface area contributed by atoms with Crippen LogP contribution in [0.25, 0.3) is 0 Å². The van der Waals surface area contributed by atoms with Gasteiger partial charge in [-0.15, -0.1) is 0 Å². The molecule has 1 aliphatic carbocycles. The van der Waals surface area contributed by atoms with Gasteiger partial charge in [-0.05, 0) is 80.9 Å². The molecule has 2 heterocycles. The van der Waals surface area contributed by atoms with Crippen molar-refractivity contribution in [3.63, 3.8) is 0 Å². The van der Waals surface area contributed by atoms with Crippen LogP contribution >= 0.6 is 0 Å². The van der Waals surface area contributed by atoms with Crippen molar-refractivity contribution in [3.05, 3.63) is 53.2 Å². The zero-order chi connectivity index (χ0) is 22.9. The lowest BCUT2D eigenvalue weighted by Crippen LogP contribution is -2.33. The number of nitrogens with one attached hydrogen (secondary N) is 1. The van der Waals surface area contributed by atoms with E-state index in [9.17, 15) is 5.26 Å². The Hall–Kier alpha value is -2.58. The van der Waals surface area contributed by atoms with Crippen molar-refractivity contribution in [1.29, 1.82) is 5.26 Å². The third kappa shape index (κ3) is 6.48. The third-order valence-corrected chi connectivity index (χ3v) is 7.20. The first-order chi connectivity index (χ1) is 16.3. The van der Waals surface area contributed by atoms with E-state index < -0.39 is 0 Å². The Morgan fingerprint density at radius 3 is 2.48 bits per heavy atom. The summed E-state index contributed by atoms with van der Waals surface area (Å²) in [5, 5.41) is 13.2. The maximum absolute atomic E-state index is 9.69. The molecule has 0 atom stereocenters. The van der Waals surface area contributed by atoms with Crippen LogP contribution in [-0.2, 0) is 6.54 Å². The molecule has 1 aromatic heterocycles. The molecule has 4 rings (SSSR count). The molecule has 1 N–H and O–H groups in total. The van der Waals surface area contributed by atoms with Crippen molar-refractivity contribution in [2.24, 2.45) is 0 Å². The van der Waals surface area contributed by atoms with E-state index in [1.165, 1.54) is 69.3 Å². The Kier molecular flexibility index (Phi) is 8.60. The molecule has 33 heavy (non-hydrogen) atoms. The van der Waals surface area contributed by atoms with E-state index in [1.807, 2.05) is 12.1 Å². The minimum absolute atomic E-state index is 0.654. The number of hydrogen-bond acceptors (Lipinski definition) is 5. The summed E-state index contributed by atoms with van der Waals surface area (Å²) in [6.45, 7) is 8.16. The Labute approximate surface area is 199 Å². The number of nitriles is 1. The molecule has 176 valence electrons. The maximum Gasteiger partial charge on any atom is 0.126 e. The van der Waals surface area contributed by atoms with Gasteiger partial charge in [0.05, 0.1) is 17.8 Å². The molecule has 1 aliphatic heterocycles. The zero-order valence-electron chi connectivity index (χ0n) is 20.2. The number of rotatable bonds is 10. The first-order valence-electron chi connectivity index (χ1n) is 13.0. The van der Waals surface area contributed by atoms with E-state index in [2.05, 4.69) is 52.4 Å². The third-order valence-electron chi connectivity index (χ3n) is 7.20. The Morgan fingerprint density at radius 2 is 1.79 bits per heavy atom. The molecule has 2 aliphatic rings. The molecule has 0 spiro atoms. The van der Waals surface area contributed by atoms with Gasteiger partial charge in [0.25, 0.3) is 0 Å². The van der Waals surface area contributed by atoms with Gasteiger partial charge in [-0.3, -0.25) is 0 Å². The van der Waals surface area contributed by atoms with Gasteiger partial charge in [-0.25, -0.2) is 4.98 Å². The topological polar surface area (TPSA) is 55.2 Å². The number of benzene rings is 1. The van der Waals surface area contributed by atoms with Crippen LogP contribution in [0.1, 0.15) is 81.0 Å². The molecule has 0 amide bonds. The fourth-order valence-electron chi connectivity index (χ4n) is 5.31. The van der Waals surface area contributed by atoms with Crippen molar-refractivity contribution in [1.82, 2.24) is 9.88 Å². The number of likely N-dealkylation sites (tertiary alicyclic amines) is 1. The number of aromatic nitrogens is 1. The second-order valence-electron chi connectivity index (χ2n) is 9.63. The van der Waals surface area contributed by atoms with Crippen LogP contribution in [0.3, 0.4) is 0 Å². The predicted molar refractivity (Wildman–Crippen MR) is 137 cm³/mol. The lowest BCUT2D eigenvalue weighted by Gasteiger charge is -2.26. The van der Waals surface area contributed by atoms with Crippen molar-refractivity contribution in [2.75, 3.05) is 42.9 Å². The summed E-state index contributed by atoms with van der Waals surface area (Å²) >= 11 is 0. The summed E-state index contributed by atoms with van der Waals surface area (Å²) in [4.78, 5) is 9.75. The first kappa shape index (κ1) is 23.6. The zero-order valence-corrected chi connectivity index (χ0v) is 20.2. The summed E-state index contributed by atoms with van der Waals surface area (Å²) in [7, 11) is 0. The van der Waals surface area contributed by atoms with Crippen LogP contribution < -0.4 is 10.2 Å². The van der Waals surface area contributed by atoms with Crippen LogP contribution in [-0.4, -0.2) is 42.6 Å². The minimum atomic E-state index is 0.654. The summed E-state index contributed by atoms with van der Waals surface area (Å²) in [5.41, 5.74) is 4.21. The molecule has 1 saturated heterocycles. The van der Waals surface area contributed by atoms with Gasteiger partial charge < -0.3 is 15.1 Å². The van der Waals surface area contributed by atoms with Gasteiger partial charge in [-0.1, -0.05) is 38.3 Å². The lowest BCUT2D eigenvalue weighted by atomic mass is 9.97. The van der Waals surface area contributed by atoms with Gasteiger partial charge >= 0.3 is 0 Å². The van der Waals surface area contributed by atoms with E-state index in [0.29, 0.717) is 12.1 Å². The van der Waals surface area contributed by atoms with Crippen LogP contribution in [0.2, 0.25) is 0 Å². The van der Waals surface area contributed by atoms with Crippen LogP contribution in [0.4, 0.5) is 11.5 Å². The highest BCUT2D eigenvalue weighted by atomic mass is 15.2. The lowest BCUT2D eigenvalue weighted by molar-refractivity contribution is 0.237. The van der Waals surface area contributed by atoms with E-state index >= 15 is 0 Å². The van der Waals surface area contributed by atoms with Gasteiger partial charge in [0, 0.05) is 25.3 Å². The smallest absolute Gasteiger partial charge is 0.126 e. The second kappa shape index (κ2) is 12.0. The van der Waals surface area contributed by atoms with Crippen molar-refractivity contribution < 1.29 is 0 Å². The average Bonchev–Trinajstić information content (AvgIpc) is 3.40. The number of anilines is 2. The Morgan fingerprint density at radius 1 is 1.03 bits per heavy atom. The number of pyridine rings is 1. The van der Waals surface area contributed by atoms with Gasteiger partial charge in [0.1, 0.15) is 11.9 Å². The molecule has 5 heteroatoms. The molecule has 2 aromatic rings. The Balaban J connectivity index is 1.42. The van der Waals surface area contributed by atoms with Crippen molar-refractivity contribution >= 4 is 11.5 Å². The Bertz CT molecular complexity index is 905. The summed E-state index contributed by atoms with van der Waals surface area (Å²) in [5.74, 6) is 1.60. The fourth-order valence-corrected chi connectivity index (χ4v) is 5.31. The van der Waals surface area contributed by atoms with E-state index in [1.54, 1.807) is 0 Å². The average molecular weight is 446 g/mol. The van der Waals surface area contributed by atoms with E-state index in [-0.39, 0.29) is 0 Å². The molecular formula is C28H39N5. The second-order valence-corrected chi connectivity index (χ2v) is 9.63. The van der Waals surface area contributed by atoms with Gasteiger partial charge in [0.15, 0.2) is 0 Å². The van der Waals surface area contributed by atoms with Crippen LogP contribution in [0.5, 0.6) is 0 Å². The summed E-state index contributed by atoms with van der Waals surface area (Å²) in [6.07, 6.45) is 10.4. The molecule has 0 radical (unpaired) electrons. The van der Waals surface area contributed by atoms with Crippen LogP contribution in [0, 0.1) is 11.3 Å². The molecule has 1 aromatic carbocycles. The van der Waals surface area contributed by atoms with E-state index in [0.717, 1.165) is 43.5 Å². The van der Waals surface area contributed by atoms with Crippen molar-refractivity contribution in [2.45, 2.75) is 70.8 Å². The number of hydrogen-bond donors (Lipinski definition) is 1. The van der Waals surface area contributed by atoms with Crippen molar-refractivity contribution in [3.8, 4) is 6.07 Å². The molecule has 0 unspecified atom stereocenters. The first-order valence-corrected chi connectivity index (χ1v) is 13.0. The standard InChI is InChI=1S/C28H39N5/c1-2-17-33(26-13-10-24(11-14-26)23-8-4-5-9-23)22-27-25(21-29)12-15-28(31-27)30-16-20-32-18-6-3-7-19-32/h10-15,23H,2-9,16-20,22H2,1H3,(H,30,31). The molecular weight excluding hydrogens is 406 g/mol. The molecule has 5 nitrogen and oxygen atoms in total. The number of piperidine rings is 1. The quantitative estimate of drug-likeness (QED) is 0.491. The van der Waals surface area contributed by atoms with Crippen LogP contribution in [0.15, 0.2) is 36.4 Å². The monoisotopic (exact) mass is 445 g/mol. The largest absolute Gasteiger partial charge is 0.369 e. The minimum Gasteiger partial charge on any atom is -0.369 e. The SMILES string of the molecule is CCCN(Cc1nc(NCCN2CCCCC2)ccc1C#N)c1ccc(C2CCCC2)cc1. The highest BCUT2D eigenvalue weighted by molar-refractivity contribution is 5.51. The molecule has 1 saturated carbocycles. The summed E-state index contributed by atoms with van der Waals surface area (Å²) < 4.78 is 0. The highest BCUT2D eigenvalue weighted by Crippen LogP contribution is 2.35. The highest BCUT2D eigenvalue weighted by Gasteiger charge is 2.18. The van der Waals surface area contributed by atoms with Gasteiger partial charge in [-0.2, -0.15) is 5.26 Å². The fraction of sp³-hybridized carbons (Fsp3) is 0.571. The molecule has 2 fully saturated rings. The predicted octanol–water partition coefficient (Wildman–Crippen LogP) is 5.93. The van der Waals surface area contributed by atoms with Gasteiger partial charge in [0.2, 0.25) is 0 Å². The number of nitrogens with zero attached hydrogens (tertiary/aromatic N) is 4. The maximum atomic E-state index is 9.69. The van der Waals surface area contributed by atoms with E-state index in [4.69, 9.17) is 4.98 Å².